The van der Waals surface area contributed by atoms with Crippen LogP contribution in [0.4, 0.5) is 5.69 Å². The normalized spacial score (nSPS) is 21.5. The first-order valence-electron chi connectivity index (χ1n) is 8.57. The van der Waals surface area contributed by atoms with Gasteiger partial charge < -0.3 is 19.1 Å². The molecule has 6 heteroatoms. The van der Waals surface area contributed by atoms with Crippen molar-refractivity contribution in [2.75, 3.05) is 51.9 Å². The molecule has 1 atom stereocenters. The molecule has 3 rings (SSSR count). The number of benzene rings is 1. The van der Waals surface area contributed by atoms with Gasteiger partial charge in [-0.05, 0) is 25.0 Å². The summed E-state index contributed by atoms with van der Waals surface area (Å²) in [4.78, 5) is 16.0. The maximum absolute atomic E-state index is 11.9. The van der Waals surface area contributed by atoms with Gasteiger partial charge in [-0.25, -0.2) is 0 Å². The fourth-order valence-corrected chi connectivity index (χ4v) is 3.34. The molecule has 2 heterocycles. The van der Waals surface area contributed by atoms with Crippen molar-refractivity contribution in [2.24, 2.45) is 0 Å². The number of amides is 1. The summed E-state index contributed by atoms with van der Waals surface area (Å²) < 4.78 is 16.7. The lowest BCUT2D eigenvalue weighted by molar-refractivity contribution is -0.117. The number of rotatable bonds is 7. The molecule has 0 bridgehead atoms. The van der Waals surface area contributed by atoms with Gasteiger partial charge in [-0.15, -0.1) is 0 Å². The van der Waals surface area contributed by atoms with Gasteiger partial charge in [0.15, 0.2) is 11.5 Å². The summed E-state index contributed by atoms with van der Waals surface area (Å²) in [5, 5.41) is 0. The molecule has 1 unspecified atom stereocenters. The Morgan fingerprint density at radius 2 is 2.08 bits per heavy atom. The molecule has 132 valence electrons. The number of likely N-dealkylation sites (tertiary alicyclic amines) is 1. The number of hydrogen-bond donors (Lipinski definition) is 0. The average Bonchev–Trinajstić information content (AvgIpc) is 3.24. The Morgan fingerprint density at radius 3 is 2.75 bits per heavy atom. The van der Waals surface area contributed by atoms with E-state index in [4.69, 9.17) is 14.2 Å². The second kappa shape index (κ2) is 7.85. The molecular formula is C18H26N2O4. The van der Waals surface area contributed by atoms with Crippen molar-refractivity contribution in [1.82, 2.24) is 4.90 Å². The molecule has 2 aliphatic rings. The Bertz CT molecular complexity index is 578. The number of hydrogen-bond acceptors (Lipinski definition) is 5. The van der Waals surface area contributed by atoms with E-state index in [9.17, 15) is 4.79 Å². The van der Waals surface area contributed by atoms with Crippen LogP contribution < -0.4 is 14.4 Å². The zero-order valence-electron chi connectivity index (χ0n) is 14.5. The van der Waals surface area contributed by atoms with Gasteiger partial charge in [-0.1, -0.05) is 0 Å². The van der Waals surface area contributed by atoms with Crippen molar-refractivity contribution in [3.63, 3.8) is 0 Å². The zero-order valence-corrected chi connectivity index (χ0v) is 14.5. The van der Waals surface area contributed by atoms with Crippen LogP contribution in [0.15, 0.2) is 18.2 Å². The Labute approximate surface area is 143 Å². The first-order chi connectivity index (χ1) is 11.7. The van der Waals surface area contributed by atoms with Gasteiger partial charge in [0.25, 0.3) is 0 Å². The van der Waals surface area contributed by atoms with Gasteiger partial charge in [0.05, 0.1) is 13.2 Å². The molecule has 2 aliphatic heterocycles. The smallest absolute Gasteiger partial charge is 0.227 e. The topological polar surface area (TPSA) is 51.2 Å². The highest BCUT2D eigenvalue weighted by Crippen LogP contribution is 2.33. The van der Waals surface area contributed by atoms with Crippen LogP contribution in [0.1, 0.15) is 19.3 Å². The molecule has 1 aromatic carbocycles. The van der Waals surface area contributed by atoms with Gasteiger partial charge in [-0.3, -0.25) is 9.69 Å². The third-order valence-electron chi connectivity index (χ3n) is 4.76. The van der Waals surface area contributed by atoms with E-state index in [1.807, 2.05) is 18.2 Å². The predicted octanol–water partition coefficient (Wildman–Crippen LogP) is 1.92. The van der Waals surface area contributed by atoms with Crippen molar-refractivity contribution < 1.29 is 19.0 Å². The molecule has 1 amide bonds. The zero-order chi connectivity index (χ0) is 16.9. The van der Waals surface area contributed by atoms with Crippen molar-refractivity contribution in [1.29, 1.82) is 0 Å². The Balaban J connectivity index is 1.56. The fourth-order valence-electron chi connectivity index (χ4n) is 3.34. The summed E-state index contributed by atoms with van der Waals surface area (Å²) in [6, 6.07) is 5.70. The van der Waals surface area contributed by atoms with Crippen LogP contribution in [0.25, 0.3) is 0 Å². The standard InChI is InChI=1S/C18H26N2O4/c1-22-15-7-9-19(13-15)10-11-24-16-6-5-14(12-17(16)23-2)20-8-3-4-18(20)21/h5-6,12,15H,3-4,7-11,13H2,1-2H3. The molecule has 0 aromatic heterocycles. The Kier molecular flexibility index (Phi) is 5.58. The highest BCUT2D eigenvalue weighted by atomic mass is 16.5. The lowest BCUT2D eigenvalue weighted by Crippen LogP contribution is -2.27. The summed E-state index contributed by atoms with van der Waals surface area (Å²) in [5.74, 6) is 1.56. The van der Waals surface area contributed by atoms with Crippen LogP contribution >= 0.6 is 0 Å². The van der Waals surface area contributed by atoms with Gasteiger partial charge in [0, 0.05) is 51.5 Å². The van der Waals surface area contributed by atoms with E-state index in [0.717, 1.165) is 50.5 Å². The molecule has 6 nitrogen and oxygen atoms in total. The van der Waals surface area contributed by atoms with Gasteiger partial charge in [0.2, 0.25) is 5.91 Å². The van der Waals surface area contributed by atoms with Gasteiger partial charge in [-0.2, -0.15) is 0 Å². The number of nitrogens with zero attached hydrogens (tertiary/aromatic N) is 2. The monoisotopic (exact) mass is 334 g/mol. The van der Waals surface area contributed by atoms with E-state index in [0.29, 0.717) is 24.9 Å². The van der Waals surface area contributed by atoms with E-state index in [2.05, 4.69) is 4.90 Å². The highest BCUT2D eigenvalue weighted by molar-refractivity contribution is 5.95. The number of ether oxygens (including phenoxy) is 3. The first-order valence-corrected chi connectivity index (χ1v) is 8.57. The SMILES string of the molecule is COc1cc(N2CCCC2=O)ccc1OCCN1CCC(OC)C1. The molecule has 24 heavy (non-hydrogen) atoms. The fraction of sp³-hybridized carbons (Fsp3) is 0.611. The molecule has 0 aliphatic carbocycles. The quantitative estimate of drug-likeness (QED) is 0.762. The summed E-state index contributed by atoms with van der Waals surface area (Å²) in [5.41, 5.74) is 0.879. The highest BCUT2D eigenvalue weighted by Gasteiger charge is 2.23. The van der Waals surface area contributed by atoms with E-state index in [1.54, 1.807) is 19.1 Å². The van der Waals surface area contributed by atoms with E-state index in [1.165, 1.54) is 0 Å². The van der Waals surface area contributed by atoms with Crippen molar-refractivity contribution in [2.45, 2.75) is 25.4 Å². The predicted molar refractivity (Wildman–Crippen MR) is 91.9 cm³/mol. The molecule has 0 spiro atoms. The molecular weight excluding hydrogens is 308 g/mol. The van der Waals surface area contributed by atoms with Crippen LogP contribution in [0, 0.1) is 0 Å². The third kappa shape index (κ3) is 3.82. The molecule has 2 saturated heterocycles. The lowest BCUT2D eigenvalue weighted by atomic mass is 10.2. The maximum Gasteiger partial charge on any atom is 0.227 e. The summed E-state index contributed by atoms with van der Waals surface area (Å²) in [7, 11) is 3.39. The number of methoxy groups -OCH3 is 2. The molecule has 0 saturated carbocycles. The van der Waals surface area contributed by atoms with Crippen LogP contribution in [0.5, 0.6) is 11.5 Å². The van der Waals surface area contributed by atoms with Crippen molar-refractivity contribution in [3.8, 4) is 11.5 Å². The molecule has 2 fully saturated rings. The van der Waals surface area contributed by atoms with Crippen LogP contribution in [-0.2, 0) is 9.53 Å². The minimum absolute atomic E-state index is 0.174. The number of carbonyl (C=O) groups is 1. The second-order valence-corrected chi connectivity index (χ2v) is 6.28. The van der Waals surface area contributed by atoms with E-state index >= 15 is 0 Å². The lowest BCUT2D eigenvalue weighted by Gasteiger charge is -2.19. The van der Waals surface area contributed by atoms with E-state index < -0.39 is 0 Å². The van der Waals surface area contributed by atoms with Crippen molar-refractivity contribution >= 4 is 11.6 Å². The minimum Gasteiger partial charge on any atom is -0.493 e. The summed E-state index contributed by atoms with van der Waals surface area (Å²) >= 11 is 0. The second-order valence-electron chi connectivity index (χ2n) is 6.28. The van der Waals surface area contributed by atoms with Gasteiger partial charge in [0.1, 0.15) is 6.61 Å². The van der Waals surface area contributed by atoms with Gasteiger partial charge >= 0.3 is 0 Å². The molecule has 1 aromatic rings. The number of carbonyl (C=O) groups excluding carboxylic acids is 1. The van der Waals surface area contributed by atoms with Crippen LogP contribution in [0.3, 0.4) is 0 Å². The minimum atomic E-state index is 0.174. The Hall–Kier alpha value is -1.79. The third-order valence-corrected chi connectivity index (χ3v) is 4.76. The van der Waals surface area contributed by atoms with Crippen molar-refractivity contribution in [3.05, 3.63) is 18.2 Å². The first kappa shape index (κ1) is 17.0. The summed E-state index contributed by atoms with van der Waals surface area (Å²) in [6.07, 6.45) is 2.96. The Morgan fingerprint density at radius 1 is 1.21 bits per heavy atom. The largest absolute Gasteiger partial charge is 0.493 e. The van der Waals surface area contributed by atoms with Crippen LogP contribution in [-0.4, -0.2) is 63.9 Å². The molecule has 0 radical (unpaired) electrons. The van der Waals surface area contributed by atoms with E-state index in [-0.39, 0.29) is 5.91 Å². The average molecular weight is 334 g/mol. The maximum atomic E-state index is 11.9. The summed E-state index contributed by atoms with van der Waals surface area (Å²) in [6.45, 7) is 4.27. The number of anilines is 1. The molecule has 0 N–H and O–H groups in total. The van der Waals surface area contributed by atoms with Crippen LogP contribution in [0.2, 0.25) is 0 Å².